The van der Waals surface area contributed by atoms with Crippen LogP contribution >= 0.6 is 0 Å². The van der Waals surface area contributed by atoms with Gasteiger partial charge in [-0.2, -0.15) is 0 Å². The smallest absolute Gasteiger partial charge is 0.346 e. The predicted octanol–water partition coefficient (Wildman–Crippen LogP) is 2.59. The largest absolute Gasteiger partial charge is 0.358 e. The van der Waals surface area contributed by atoms with Crippen molar-refractivity contribution in [1.29, 1.82) is 0 Å². The Labute approximate surface area is 120 Å². The van der Waals surface area contributed by atoms with Crippen LogP contribution in [0.1, 0.15) is 15.9 Å². The van der Waals surface area contributed by atoms with Crippen LogP contribution in [0.5, 0.6) is 0 Å². The minimum absolute atomic E-state index is 0.0399. The molecular formula is C14H13N3O4. The highest BCUT2D eigenvalue weighted by Gasteiger charge is 2.14. The van der Waals surface area contributed by atoms with Gasteiger partial charge >= 0.3 is 5.97 Å². The Morgan fingerprint density at radius 1 is 1.19 bits per heavy atom. The fourth-order valence-electron chi connectivity index (χ4n) is 1.70. The van der Waals surface area contributed by atoms with Crippen LogP contribution in [-0.4, -0.2) is 10.9 Å². The lowest BCUT2D eigenvalue weighted by molar-refractivity contribution is -0.385. The zero-order valence-electron chi connectivity index (χ0n) is 11.2. The molecule has 0 fully saturated rings. The lowest BCUT2D eigenvalue weighted by Crippen LogP contribution is -2.25. The van der Waals surface area contributed by atoms with E-state index in [4.69, 9.17) is 4.84 Å². The Morgan fingerprint density at radius 2 is 1.90 bits per heavy atom. The Morgan fingerprint density at radius 3 is 2.52 bits per heavy atom. The van der Waals surface area contributed by atoms with E-state index in [0.29, 0.717) is 5.56 Å². The van der Waals surface area contributed by atoms with Gasteiger partial charge in [-0.25, -0.2) is 4.79 Å². The summed E-state index contributed by atoms with van der Waals surface area (Å²) < 4.78 is 0. The van der Waals surface area contributed by atoms with E-state index in [9.17, 15) is 14.9 Å². The monoisotopic (exact) mass is 287 g/mol. The van der Waals surface area contributed by atoms with E-state index in [1.807, 2.05) is 18.2 Å². The molecule has 2 N–H and O–H groups in total. The molecule has 0 amide bonds. The first-order valence-corrected chi connectivity index (χ1v) is 6.10. The second kappa shape index (κ2) is 6.49. The maximum absolute atomic E-state index is 11.8. The summed E-state index contributed by atoms with van der Waals surface area (Å²) in [4.78, 5) is 26.8. The predicted molar refractivity (Wildman–Crippen MR) is 76.4 cm³/mol. The molecule has 0 bridgehead atoms. The molecule has 108 valence electrons. The van der Waals surface area contributed by atoms with Gasteiger partial charge in [0, 0.05) is 11.6 Å². The zero-order chi connectivity index (χ0) is 15.2. The number of nitrogens with one attached hydrogen (secondary N) is 2. The molecule has 2 aromatic carbocycles. The summed E-state index contributed by atoms with van der Waals surface area (Å²) >= 11 is 0. The molecule has 0 aliphatic heterocycles. The maximum Gasteiger partial charge on any atom is 0.358 e. The Kier molecular flexibility index (Phi) is 4.47. The lowest BCUT2D eigenvalue weighted by Gasteiger charge is -2.08. The van der Waals surface area contributed by atoms with Crippen LogP contribution in [0, 0.1) is 17.0 Å². The summed E-state index contributed by atoms with van der Waals surface area (Å²) in [5.74, 6) is -0.642. The SMILES string of the molecule is Cc1cc(C(=O)ONNc2ccccc2)ccc1[N+](=O)[O-]. The quantitative estimate of drug-likeness (QED) is 0.648. The lowest BCUT2D eigenvalue weighted by atomic mass is 10.1. The third-order valence-corrected chi connectivity index (χ3v) is 2.74. The fraction of sp³-hybridized carbons (Fsp3) is 0.0714. The third kappa shape index (κ3) is 3.77. The molecule has 0 heterocycles. The van der Waals surface area contributed by atoms with Crippen LogP contribution in [0.4, 0.5) is 11.4 Å². The van der Waals surface area contributed by atoms with Crippen LogP contribution in [0.3, 0.4) is 0 Å². The minimum Gasteiger partial charge on any atom is -0.346 e. The maximum atomic E-state index is 11.8. The van der Waals surface area contributed by atoms with Crippen molar-refractivity contribution in [2.75, 3.05) is 5.43 Å². The molecule has 0 unspecified atom stereocenters. The van der Waals surface area contributed by atoms with E-state index in [0.717, 1.165) is 5.69 Å². The molecule has 0 aromatic heterocycles. The summed E-state index contributed by atoms with van der Waals surface area (Å²) in [6, 6.07) is 13.1. The van der Waals surface area contributed by atoms with Gasteiger partial charge < -0.3 is 4.84 Å². The molecule has 2 aromatic rings. The highest BCUT2D eigenvalue weighted by atomic mass is 16.7. The molecule has 0 saturated carbocycles. The number of nitrogens with zero attached hydrogens (tertiary/aromatic N) is 1. The average molecular weight is 287 g/mol. The molecule has 2 rings (SSSR count). The number of para-hydroxylation sites is 1. The van der Waals surface area contributed by atoms with Crippen LogP contribution in [0.2, 0.25) is 0 Å². The number of nitro groups is 1. The molecule has 0 aliphatic carbocycles. The highest BCUT2D eigenvalue weighted by molar-refractivity contribution is 5.89. The van der Waals surface area contributed by atoms with Gasteiger partial charge in [0.15, 0.2) is 0 Å². The van der Waals surface area contributed by atoms with Gasteiger partial charge in [0.25, 0.3) is 5.69 Å². The molecule has 0 spiro atoms. The number of hydrogen-bond donors (Lipinski definition) is 2. The number of carbonyl (C=O) groups is 1. The van der Waals surface area contributed by atoms with Gasteiger partial charge in [0.2, 0.25) is 0 Å². The number of hydrazine groups is 1. The minimum atomic E-state index is -0.642. The second-order valence-electron chi connectivity index (χ2n) is 4.24. The van der Waals surface area contributed by atoms with E-state index >= 15 is 0 Å². The van der Waals surface area contributed by atoms with Crippen molar-refractivity contribution < 1.29 is 14.6 Å². The fourth-order valence-corrected chi connectivity index (χ4v) is 1.70. The summed E-state index contributed by atoms with van der Waals surface area (Å²) in [7, 11) is 0. The summed E-state index contributed by atoms with van der Waals surface area (Å²) in [5.41, 5.74) is 6.32. The Balaban J connectivity index is 1.94. The summed E-state index contributed by atoms with van der Waals surface area (Å²) in [6.45, 7) is 1.56. The van der Waals surface area contributed by atoms with E-state index in [2.05, 4.69) is 11.0 Å². The number of nitro benzene ring substituents is 1. The normalized spacial score (nSPS) is 9.95. The number of aryl methyl sites for hydroxylation is 1. The van der Waals surface area contributed by atoms with E-state index < -0.39 is 10.9 Å². The van der Waals surface area contributed by atoms with Crippen molar-refractivity contribution >= 4 is 17.3 Å². The molecule has 0 aliphatic rings. The molecular weight excluding hydrogens is 274 g/mol. The molecule has 7 nitrogen and oxygen atoms in total. The van der Waals surface area contributed by atoms with Gasteiger partial charge in [-0.1, -0.05) is 23.8 Å². The van der Waals surface area contributed by atoms with Crippen molar-refractivity contribution in [2.24, 2.45) is 0 Å². The van der Waals surface area contributed by atoms with Crippen LogP contribution in [0.15, 0.2) is 48.5 Å². The average Bonchev–Trinajstić information content (AvgIpc) is 2.47. The van der Waals surface area contributed by atoms with Crippen molar-refractivity contribution in [3.05, 3.63) is 69.8 Å². The van der Waals surface area contributed by atoms with Crippen molar-refractivity contribution in [2.45, 2.75) is 6.92 Å². The number of benzene rings is 2. The van der Waals surface area contributed by atoms with Crippen LogP contribution in [0.25, 0.3) is 0 Å². The number of rotatable bonds is 5. The van der Waals surface area contributed by atoms with Crippen molar-refractivity contribution in [3.8, 4) is 0 Å². The molecule has 0 saturated heterocycles. The highest BCUT2D eigenvalue weighted by Crippen LogP contribution is 2.19. The standard InChI is InChI=1S/C14H13N3O4/c1-10-9-11(7-8-13(10)17(19)20)14(18)21-16-15-12-5-3-2-4-6-12/h2-9,15-16H,1H3. The first kappa shape index (κ1) is 14.5. The van der Waals surface area contributed by atoms with Crippen molar-refractivity contribution in [3.63, 3.8) is 0 Å². The Bertz CT molecular complexity index is 659. The topological polar surface area (TPSA) is 93.5 Å². The second-order valence-corrected chi connectivity index (χ2v) is 4.24. The van der Waals surface area contributed by atoms with E-state index in [1.54, 1.807) is 19.1 Å². The molecule has 0 atom stereocenters. The van der Waals surface area contributed by atoms with Crippen molar-refractivity contribution in [1.82, 2.24) is 5.59 Å². The molecule has 7 heteroatoms. The summed E-state index contributed by atoms with van der Waals surface area (Å²) in [6.07, 6.45) is 0. The third-order valence-electron chi connectivity index (χ3n) is 2.74. The van der Waals surface area contributed by atoms with Gasteiger partial charge in [-0.15, -0.1) is 0 Å². The number of hydrogen-bond acceptors (Lipinski definition) is 6. The number of anilines is 1. The first-order chi connectivity index (χ1) is 10.1. The van der Waals surface area contributed by atoms with E-state index in [1.165, 1.54) is 18.2 Å². The van der Waals surface area contributed by atoms with Gasteiger partial charge in [-0.3, -0.25) is 15.5 Å². The van der Waals surface area contributed by atoms with Crippen LogP contribution < -0.4 is 11.0 Å². The van der Waals surface area contributed by atoms with E-state index in [-0.39, 0.29) is 11.3 Å². The Hall–Kier alpha value is -2.93. The van der Waals surface area contributed by atoms with Gasteiger partial charge in [0.1, 0.15) is 0 Å². The molecule has 21 heavy (non-hydrogen) atoms. The molecule has 0 radical (unpaired) electrons. The van der Waals surface area contributed by atoms with Gasteiger partial charge in [-0.05, 0) is 31.2 Å². The van der Waals surface area contributed by atoms with Crippen LogP contribution in [-0.2, 0) is 4.84 Å². The summed E-state index contributed by atoms with van der Waals surface area (Å²) in [5, 5.41) is 10.7. The van der Waals surface area contributed by atoms with Gasteiger partial charge in [0.05, 0.1) is 16.2 Å². The first-order valence-electron chi connectivity index (χ1n) is 6.10. The number of carbonyl (C=O) groups excluding carboxylic acids is 1. The zero-order valence-corrected chi connectivity index (χ0v) is 11.2.